The summed E-state index contributed by atoms with van der Waals surface area (Å²) in [4.78, 5) is 26.1. The highest BCUT2D eigenvalue weighted by molar-refractivity contribution is 6.30. The Bertz CT molecular complexity index is 996. The van der Waals surface area contributed by atoms with Crippen molar-refractivity contribution in [1.82, 2.24) is 4.90 Å². The van der Waals surface area contributed by atoms with Gasteiger partial charge in [0.05, 0.1) is 5.92 Å². The van der Waals surface area contributed by atoms with Crippen LogP contribution in [-0.2, 0) is 16.0 Å². The third kappa shape index (κ3) is 4.70. The zero-order valence-corrected chi connectivity index (χ0v) is 19.1. The third-order valence-corrected chi connectivity index (χ3v) is 6.48. The summed E-state index contributed by atoms with van der Waals surface area (Å²) in [5.74, 6) is -0.220. The van der Waals surface area contributed by atoms with E-state index in [0.29, 0.717) is 48.9 Å². The number of aliphatic carboxylic acids is 1. The van der Waals surface area contributed by atoms with Crippen LogP contribution in [0.25, 0.3) is 0 Å². The number of carbonyl (C=O) groups excluding carboxylic acids is 1. The SMILES string of the molecule is CC(C)[C@H](C(=O)N1CCC2(CC1)Oc1ccc(CCC(=O)O)cc1O2)c1ccc(Cl)cc1. The number of likely N-dealkylation sites (tertiary alicyclic amines) is 1. The number of aryl methyl sites for hydroxylation is 1. The van der Waals surface area contributed by atoms with E-state index in [4.69, 9.17) is 26.2 Å². The number of carboxylic acids is 1. The van der Waals surface area contributed by atoms with Crippen LogP contribution in [0, 0.1) is 5.92 Å². The van der Waals surface area contributed by atoms with Crippen molar-refractivity contribution in [1.29, 1.82) is 0 Å². The van der Waals surface area contributed by atoms with Gasteiger partial charge in [-0.25, -0.2) is 0 Å². The summed E-state index contributed by atoms with van der Waals surface area (Å²) < 4.78 is 12.4. The second-order valence-electron chi connectivity index (χ2n) is 8.89. The van der Waals surface area contributed by atoms with Gasteiger partial charge in [-0.05, 0) is 47.7 Å². The number of fused-ring (bicyclic) bond motifs is 1. The lowest BCUT2D eigenvalue weighted by atomic mass is 9.86. The Labute approximate surface area is 193 Å². The van der Waals surface area contributed by atoms with E-state index in [2.05, 4.69) is 13.8 Å². The molecular formula is C25H28ClNO5. The highest BCUT2D eigenvalue weighted by Crippen LogP contribution is 2.44. The summed E-state index contributed by atoms with van der Waals surface area (Å²) in [5, 5.41) is 9.56. The molecule has 0 radical (unpaired) electrons. The number of rotatable bonds is 6. The number of halogens is 1. The molecule has 170 valence electrons. The van der Waals surface area contributed by atoms with Crippen molar-refractivity contribution >= 4 is 23.5 Å². The maximum Gasteiger partial charge on any atom is 0.303 e. The molecule has 4 rings (SSSR count). The topological polar surface area (TPSA) is 76.1 Å². The normalized spacial score (nSPS) is 17.6. The monoisotopic (exact) mass is 457 g/mol. The van der Waals surface area contributed by atoms with Gasteiger partial charge in [0.1, 0.15) is 0 Å². The Balaban J connectivity index is 1.41. The second kappa shape index (κ2) is 9.02. The molecule has 1 saturated heterocycles. The molecule has 0 aliphatic carbocycles. The summed E-state index contributed by atoms with van der Waals surface area (Å²) in [5.41, 5.74) is 1.88. The van der Waals surface area contributed by atoms with E-state index in [1.54, 1.807) is 0 Å². The highest BCUT2D eigenvalue weighted by atomic mass is 35.5. The Morgan fingerprint density at radius 2 is 1.72 bits per heavy atom. The largest absolute Gasteiger partial charge is 0.481 e. The first-order chi connectivity index (χ1) is 15.3. The minimum absolute atomic E-state index is 0.0759. The van der Waals surface area contributed by atoms with E-state index in [1.807, 2.05) is 47.4 Å². The molecule has 0 unspecified atom stereocenters. The first kappa shape index (κ1) is 22.5. The molecule has 6 nitrogen and oxygen atoms in total. The van der Waals surface area contributed by atoms with Gasteiger partial charge in [-0.2, -0.15) is 0 Å². The van der Waals surface area contributed by atoms with Crippen LogP contribution in [0.4, 0.5) is 0 Å². The summed E-state index contributed by atoms with van der Waals surface area (Å²) in [6.45, 7) is 5.22. The van der Waals surface area contributed by atoms with Gasteiger partial charge in [-0.3, -0.25) is 9.59 Å². The number of benzene rings is 2. The van der Waals surface area contributed by atoms with Crippen LogP contribution in [0.5, 0.6) is 11.5 Å². The molecule has 1 amide bonds. The van der Waals surface area contributed by atoms with E-state index in [0.717, 1.165) is 11.1 Å². The summed E-state index contributed by atoms with van der Waals surface area (Å²) in [6, 6.07) is 13.1. The molecule has 1 N–H and O–H groups in total. The fourth-order valence-corrected chi connectivity index (χ4v) is 4.62. The van der Waals surface area contributed by atoms with Crippen molar-refractivity contribution < 1.29 is 24.2 Å². The minimum Gasteiger partial charge on any atom is -0.481 e. The van der Waals surface area contributed by atoms with Crippen molar-refractivity contribution in [3.05, 3.63) is 58.6 Å². The van der Waals surface area contributed by atoms with Crippen molar-refractivity contribution in [2.75, 3.05) is 13.1 Å². The van der Waals surface area contributed by atoms with Crippen LogP contribution in [0.1, 0.15) is 50.2 Å². The second-order valence-corrected chi connectivity index (χ2v) is 9.32. The van der Waals surface area contributed by atoms with Crippen molar-refractivity contribution in [2.24, 2.45) is 5.92 Å². The van der Waals surface area contributed by atoms with Gasteiger partial charge in [0.15, 0.2) is 11.5 Å². The van der Waals surface area contributed by atoms with Crippen LogP contribution in [0.2, 0.25) is 5.02 Å². The van der Waals surface area contributed by atoms with E-state index in [-0.39, 0.29) is 24.2 Å². The average Bonchev–Trinajstić information content (AvgIpc) is 3.10. The number of amides is 1. The summed E-state index contributed by atoms with van der Waals surface area (Å²) >= 11 is 6.02. The number of hydrogen-bond acceptors (Lipinski definition) is 4. The Morgan fingerprint density at radius 3 is 2.34 bits per heavy atom. The molecule has 2 aliphatic rings. The Kier molecular flexibility index (Phi) is 6.33. The van der Waals surface area contributed by atoms with Crippen LogP contribution < -0.4 is 9.47 Å². The number of ether oxygens (including phenoxy) is 2. The van der Waals surface area contributed by atoms with Crippen molar-refractivity contribution in [3.63, 3.8) is 0 Å². The lowest BCUT2D eigenvalue weighted by Gasteiger charge is -2.39. The molecule has 1 spiro atoms. The molecule has 0 bridgehead atoms. The van der Waals surface area contributed by atoms with Gasteiger partial charge >= 0.3 is 5.97 Å². The molecule has 32 heavy (non-hydrogen) atoms. The molecule has 0 saturated carbocycles. The zero-order valence-electron chi connectivity index (χ0n) is 18.3. The van der Waals surface area contributed by atoms with Crippen molar-refractivity contribution in [3.8, 4) is 11.5 Å². The Hall–Kier alpha value is -2.73. The van der Waals surface area contributed by atoms with Crippen LogP contribution in [0.3, 0.4) is 0 Å². The van der Waals surface area contributed by atoms with Gasteiger partial charge in [0, 0.05) is 37.4 Å². The number of carbonyl (C=O) groups is 2. The zero-order chi connectivity index (χ0) is 22.9. The smallest absolute Gasteiger partial charge is 0.303 e. The van der Waals surface area contributed by atoms with E-state index in [9.17, 15) is 9.59 Å². The lowest BCUT2D eigenvalue weighted by Crippen LogP contribution is -2.52. The first-order valence-electron chi connectivity index (χ1n) is 11.0. The third-order valence-electron chi connectivity index (χ3n) is 6.23. The van der Waals surface area contributed by atoms with Crippen LogP contribution in [-0.4, -0.2) is 40.8 Å². The molecule has 1 atom stereocenters. The van der Waals surface area contributed by atoms with Crippen LogP contribution >= 0.6 is 11.6 Å². The molecule has 1 fully saturated rings. The van der Waals surface area contributed by atoms with E-state index < -0.39 is 11.8 Å². The minimum atomic E-state index is -0.825. The van der Waals surface area contributed by atoms with Gasteiger partial charge in [-0.1, -0.05) is 43.6 Å². The van der Waals surface area contributed by atoms with Gasteiger partial charge in [-0.15, -0.1) is 0 Å². The quantitative estimate of drug-likeness (QED) is 0.668. The first-order valence-corrected chi connectivity index (χ1v) is 11.4. The highest BCUT2D eigenvalue weighted by Gasteiger charge is 2.46. The maximum atomic E-state index is 13.4. The molecule has 2 aliphatic heterocycles. The van der Waals surface area contributed by atoms with Gasteiger partial charge in [0.2, 0.25) is 5.91 Å². The molecule has 0 aromatic heterocycles. The lowest BCUT2D eigenvalue weighted by molar-refractivity contribution is -0.148. The summed E-state index contributed by atoms with van der Waals surface area (Å²) in [7, 11) is 0. The average molecular weight is 458 g/mol. The predicted molar refractivity (Wildman–Crippen MR) is 121 cm³/mol. The standard InChI is InChI=1S/C25H28ClNO5/c1-16(2)23(18-5-7-19(26)8-6-18)24(30)27-13-11-25(12-14-27)31-20-9-3-17(4-10-22(28)29)15-21(20)32-25/h3,5-9,15-16,23H,4,10-14H2,1-2H3,(H,28,29)/t23-/m0/s1. The van der Waals surface area contributed by atoms with Gasteiger partial charge < -0.3 is 19.5 Å². The number of hydrogen-bond donors (Lipinski definition) is 1. The molecule has 7 heteroatoms. The molecule has 2 aromatic carbocycles. The molecule has 2 aromatic rings. The number of carboxylic acid groups (broad SMARTS) is 1. The van der Waals surface area contributed by atoms with E-state index >= 15 is 0 Å². The van der Waals surface area contributed by atoms with Crippen LogP contribution in [0.15, 0.2) is 42.5 Å². The van der Waals surface area contributed by atoms with E-state index in [1.165, 1.54) is 0 Å². The number of piperidine rings is 1. The molecule has 2 heterocycles. The predicted octanol–water partition coefficient (Wildman–Crippen LogP) is 4.89. The fraction of sp³-hybridized carbons (Fsp3) is 0.440. The maximum absolute atomic E-state index is 13.4. The Morgan fingerprint density at radius 1 is 1.06 bits per heavy atom. The van der Waals surface area contributed by atoms with Gasteiger partial charge in [0.25, 0.3) is 5.79 Å². The number of nitrogens with zero attached hydrogens (tertiary/aromatic N) is 1. The summed E-state index contributed by atoms with van der Waals surface area (Å²) in [6.07, 6.45) is 1.67. The van der Waals surface area contributed by atoms with Crippen molar-refractivity contribution in [2.45, 2.75) is 51.2 Å². The fourth-order valence-electron chi connectivity index (χ4n) is 4.50. The molecular weight excluding hydrogens is 430 g/mol.